The maximum Gasteiger partial charge on any atom is 0.126 e. The highest BCUT2D eigenvalue weighted by Gasteiger charge is 2.26. The van der Waals surface area contributed by atoms with Crippen molar-refractivity contribution < 1.29 is 4.39 Å². The molecule has 0 aromatic heterocycles. The Morgan fingerprint density at radius 3 is 2.54 bits per heavy atom. The van der Waals surface area contributed by atoms with E-state index < -0.39 is 0 Å². The standard InChI is InChI=1S/C10H12FN.ClH/c11-10-5-7(6-12)1-4-9(10)8-2-3-8;/h1,4-5,8H,2-3,6,12H2;1H. The molecule has 2 rings (SSSR count). The van der Waals surface area contributed by atoms with Crippen molar-refractivity contribution in [1.82, 2.24) is 0 Å². The molecule has 13 heavy (non-hydrogen) atoms. The fourth-order valence-corrected chi connectivity index (χ4v) is 1.42. The van der Waals surface area contributed by atoms with Crippen LogP contribution >= 0.6 is 12.4 Å². The van der Waals surface area contributed by atoms with Gasteiger partial charge in [0, 0.05) is 6.54 Å². The van der Waals surface area contributed by atoms with Crippen molar-refractivity contribution in [2.45, 2.75) is 25.3 Å². The van der Waals surface area contributed by atoms with Crippen LogP contribution in [0.2, 0.25) is 0 Å². The van der Waals surface area contributed by atoms with Gasteiger partial charge in [0.25, 0.3) is 0 Å². The maximum absolute atomic E-state index is 13.3. The second-order valence-electron chi connectivity index (χ2n) is 3.33. The normalized spacial score (nSPS) is 15.2. The Hall–Kier alpha value is -0.600. The highest BCUT2D eigenvalue weighted by molar-refractivity contribution is 5.85. The molecule has 1 aliphatic rings. The van der Waals surface area contributed by atoms with Gasteiger partial charge in [0.1, 0.15) is 5.82 Å². The van der Waals surface area contributed by atoms with E-state index >= 15 is 0 Å². The van der Waals surface area contributed by atoms with Crippen LogP contribution in [0.5, 0.6) is 0 Å². The monoisotopic (exact) mass is 201 g/mol. The molecule has 1 aromatic rings. The maximum atomic E-state index is 13.3. The average molecular weight is 202 g/mol. The Balaban J connectivity index is 0.000000845. The number of halogens is 2. The van der Waals surface area contributed by atoms with Gasteiger partial charge >= 0.3 is 0 Å². The summed E-state index contributed by atoms with van der Waals surface area (Å²) >= 11 is 0. The molecule has 3 heteroatoms. The van der Waals surface area contributed by atoms with E-state index in [-0.39, 0.29) is 18.2 Å². The van der Waals surface area contributed by atoms with Crippen LogP contribution in [0.15, 0.2) is 18.2 Å². The highest BCUT2D eigenvalue weighted by Crippen LogP contribution is 2.41. The Morgan fingerprint density at radius 2 is 2.08 bits per heavy atom. The molecular formula is C10H13ClFN. The molecule has 0 saturated heterocycles. The summed E-state index contributed by atoms with van der Waals surface area (Å²) in [6.45, 7) is 0.419. The van der Waals surface area contributed by atoms with Gasteiger partial charge in [-0.1, -0.05) is 12.1 Å². The molecular weight excluding hydrogens is 189 g/mol. The minimum atomic E-state index is -0.0829. The molecule has 1 aliphatic carbocycles. The van der Waals surface area contributed by atoms with Crippen LogP contribution in [-0.2, 0) is 6.54 Å². The van der Waals surface area contributed by atoms with Gasteiger partial charge in [-0.25, -0.2) is 4.39 Å². The molecule has 0 unspecified atom stereocenters. The zero-order chi connectivity index (χ0) is 8.55. The minimum absolute atomic E-state index is 0. The van der Waals surface area contributed by atoms with Gasteiger partial charge in [-0.3, -0.25) is 0 Å². The van der Waals surface area contributed by atoms with Crippen LogP contribution in [0.25, 0.3) is 0 Å². The fraction of sp³-hybridized carbons (Fsp3) is 0.400. The molecule has 1 aromatic carbocycles. The largest absolute Gasteiger partial charge is 0.326 e. The zero-order valence-corrected chi connectivity index (χ0v) is 8.11. The van der Waals surface area contributed by atoms with E-state index in [1.165, 1.54) is 0 Å². The van der Waals surface area contributed by atoms with Crippen LogP contribution in [0.4, 0.5) is 4.39 Å². The van der Waals surface area contributed by atoms with Crippen molar-refractivity contribution in [3.8, 4) is 0 Å². The second-order valence-corrected chi connectivity index (χ2v) is 3.33. The number of hydrogen-bond acceptors (Lipinski definition) is 1. The lowest BCUT2D eigenvalue weighted by Crippen LogP contribution is -1.98. The molecule has 0 bridgehead atoms. The molecule has 0 radical (unpaired) electrons. The number of nitrogens with two attached hydrogens (primary N) is 1. The van der Waals surface area contributed by atoms with E-state index in [1.54, 1.807) is 6.07 Å². The van der Waals surface area contributed by atoms with E-state index in [0.29, 0.717) is 12.5 Å². The van der Waals surface area contributed by atoms with E-state index in [1.807, 2.05) is 12.1 Å². The summed E-state index contributed by atoms with van der Waals surface area (Å²) in [6, 6.07) is 5.33. The summed E-state index contributed by atoms with van der Waals surface area (Å²) in [5.41, 5.74) is 7.13. The first-order valence-electron chi connectivity index (χ1n) is 4.29. The van der Waals surface area contributed by atoms with Crippen LogP contribution in [0.3, 0.4) is 0 Å². The van der Waals surface area contributed by atoms with Crippen molar-refractivity contribution in [1.29, 1.82) is 0 Å². The topological polar surface area (TPSA) is 26.0 Å². The van der Waals surface area contributed by atoms with Crippen molar-refractivity contribution in [3.63, 3.8) is 0 Å². The van der Waals surface area contributed by atoms with Crippen molar-refractivity contribution in [3.05, 3.63) is 35.1 Å². The molecule has 0 amide bonds. The van der Waals surface area contributed by atoms with Crippen molar-refractivity contribution >= 4 is 12.4 Å². The molecule has 0 heterocycles. The van der Waals surface area contributed by atoms with Crippen LogP contribution in [-0.4, -0.2) is 0 Å². The zero-order valence-electron chi connectivity index (χ0n) is 7.29. The highest BCUT2D eigenvalue weighted by atomic mass is 35.5. The van der Waals surface area contributed by atoms with Crippen LogP contribution in [0, 0.1) is 5.82 Å². The van der Waals surface area contributed by atoms with E-state index in [0.717, 1.165) is 24.0 Å². The summed E-state index contributed by atoms with van der Waals surface area (Å²) in [5, 5.41) is 0. The Bertz CT molecular complexity index is 297. The van der Waals surface area contributed by atoms with Crippen molar-refractivity contribution in [2.24, 2.45) is 5.73 Å². The molecule has 1 fully saturated rings. The lowest BCUT2D eigenvalue weighted by atomic mass is 10.1. The van der Waals surface area contributed by atoms with Crippen LogP contribution in [0.1, 0.15) is 29.9 Å². The first kappa shape index (κ1) is 10.5. The summed E-state index contributed by atoms with van der Waals surface area (Å²) in [5.74, 6) is 0.400. The van der Waals surface area contributed by atoms with Crippen molar-refractivity contribution in [2.75, 3.05) is 0 Å². The summed E-state index contributed by atoms with van der Waals surface area (Å²) in [7, 11) is 0. The van der Waals surface area contributed by atoms with Gasteiger partial charge in [-0.05, 0) is 36.0 Å². The number of rotatable bonds is 2. The molecule has 0 atom stereocenters. The van der Waals surface area contributed by atoms with E-state index in [9.17, 15) is 4.39 Å². The summed E-state index contributed by atoms with van der Waals surface area (Å²) in [6.07, 6.45) is 2.28. The third-order valence-corrected chi connectivity index (χ3v) is 2.32. The van der Waals surface area contributed by atoms with Gasteiger partial charge in [-0.2, -0.15) is 0 Å². The molecule has 72 valence electrons. The SMILES string of the molecule is Cl.NCc1ccc(C2CC2)c(F)c1. The Labute approximate surface area is 83.5 Å². The van der Waals surface area contributed by atoms with Gasteiger partial charge < -0.3 is 5.73 Å². The van der Waals surface area contributed by atoms with Gasteiger partial charge in [0.15, 0.2) is 0 Å². The van der Waals surface area contributed by atoms with Gasteiger partial charge in [0.2, 0.25) is 0 Å². The third-order valence-electron chi connectivity index (χ3n) is 2.32. The minimum Gasteiger partial charge on any atom is -0.326 e. The average Bonchev–Trinajstić information content (AvgIpc) is 2.87. The lowest BCUT2D eigenvalue weighted by Gasteiger charge is -2.02. The molecule has 0 aliphatic heterocycles. The molecule has 0 spiro atoms. The third kappa shape index (κ3) is 2.20. The second kappa shape index (κ2) is 4.07. The predicted octanol–water partition coefficient (Wildman–Crippen LogP) is 2.58. The lowest BCUT2D eigenvalue weighted by molar-refractivity contribution is 0.608. The summed E-state index contributed by atoms with van der Waals surface area (Å²) in [4.78, 5) is 0. The first-order valence-corrected chi connectivity index (χ1v) is 4.29. The molecule has 1 saturated carbocycles. The smallest absolute Gasteiger partial charge is 0.126 e. The molecule has 1 nitrogen and oxygen atoms in total. The Kier molecular flexibility index (Phi) is 3.28. The van der Waals surface area contributed by atoms with Gasteiger partial charge in [-0.15, -0.1) is 12.4 Å². The summed E-state index contributed by atoms with van der Waals surface area (Å²) < 4.78 is 13.3. The fourth-order valence-electron chi connectivity index (χ4n) is 1.42. The van der Waals surface area contributed by atoms with Gasteiger partial charge in [0.05, 0.1) is 0 Å². The van der Waals surface area contributed by atoms with Crippen LogP contribution < -0.4 is 5.73 Å². The van der Waals surface area contributed by atoms with E-state index in [4.69, 9.17) is 5.73 Å². The van der Waals surface area contributed by atoms with E-state index in [2.05, 4.69) is 0 Å². The first-order chi connectivity index (χ1) is 5.81. The quantitative estimate of drug-likeness (QED) is 0.782. The predicted molar refractivity (Wildman–Crippen MR) is 53.5 cm³/mol. The number of hydrogen-bond donors (Lipinski definition) is 1. The number of benzene rings is 1. The molecule has 2 N–H and O–H groups in total. The Morgan fingerprint density at radius 1 is 1.38 bits per heavy atom.